The molecule has 0 saturated carbocycles. The van der Waals surface area contributed by atoms with E-state index in [2.05, 4.69) is 10.3 Å². The quantitative estimate of drug-likeness (QED) is 0.854. The third kappa shape index (κ3) is 3.00. The van der Waals surface area contributed by atoms with Gasteiger partial charge in [0.1, 0.15) is 0 Å². The lowest BCUT2D eigenvalue weighted by molar-refractivity contribution is 0.102. The molecule has 19 heavy (non-hydrogen) atoms. The number of anilines is 1. The fraction of sp³-hybridized carbons (Fsp3) is 0. The minimum atomic E-state index is -1.13. The molecule has 1 heterocycles. The topological polar surface area (TPSA) is 42.0 Å². The van der Waals surface area contributed by atoms with Crippen LogP contribution >= 0.6 is 23.2 Å². The zero-order chi connectivity index (χ0) is 14.0. The molecular weight excluding hydrogens is 297 g/mol. The van der Waals surface area contributed by atoms with Crippen molar-refractivity contribution in [1.82, 2.24) is 4.98 Å². The molecular formula is C12H6Cl2F2N2O. The molecule has 0 saturated heterocycles. The number of nitrogens with zero attached hydrogens (tertiary/aromatic N) is 1. The second-order valence-corrected chi connectivity index (χ2v) is 4.34. The van der Waals surface area contributed by atoms with E-state index in [1.54, 1.807) is 6.07 Å². The van der Waals surface area contributed by atoms with Crippen LogP contribution in [0.2, 0.25) is 10.0 Å². The second-order valence-electron chi connectivity index (χ2n) is 3.52. The fourth-order valence-electron chi connectivity index (χ4n) is 1.40. The van der Waals surface area contributed by atoms with E-state index in [9.17, 15) is 13.6 Å². The SMILES string of the molecule is O=C(Nc1ccc(F)nc1F)c1c(Cl)cccc1Cl. The minimum Gasteiger partial charge on any atom is -0.318 e. The summed E-state index contributed by atoms with van der Waals surface area (Å²) in [6, 6.07) is 6.50. The number of carbonyl (C=O) groups is 1. The Bertz CT molecular complexity index is 629. The number of hydrogen-bond acceptors (Lipinski definition) is 2. The number of carbonyl (C=O) groups excluding carboxylic acids is 1. The number of benzene rings is 1. The zero-order valence-corrected chi connectivity index (χ0v) is 10.8. The van der Waals surface area contributed by atoms with Crippen molar-refractivity contribution in [3.63, 3.8) is 0 Å². The predicted octanol–water partition coefficient (Wildman–Crippen LogP) is 3.92. The van der Waals surface area contributed by atoms with Crippen LogP contribution in [0.25, 0.3) is 0 Å². The summed E-state index contributed by atoms with van der Waals surface area (Å²) in [5, 5.41) is 2.47. The summed E-state index contributed by atoms with van der Waals surface area (Å²) in [7, 11) is 0. The van der Waals surface area contributed by atoms with Crippen molar-refractivity contribution >= 4 is 34.8 Å². The Morgan fingerprint density at radius 1 is 1.11 bits per heavy atom. The molecule has 1 N–H and O–H groups in total. The molecule has 1 amide bonds. The lowest BCUT2D eigenvalue weighted by Crippen LogP contribution is -2.14. The Labute approximate surface area is 117 Å². The van der Waals surface area contributed by atoms with Gasteiger partial charge in [0, 0.05) is 0 Å². The maximum absolute atomic E-state index is 13.3. The van der Waals surface area contributed by atoms with E-state index in [1.165, 1.54) is 12.1 Å². The molecule has 0 aliphatic rings. The normalized spacial score (nSPS) is 10.3. The monoisotopic (exact) mass is 302 g/mol. The van der Waals surface area contributed by atoms with Gasteiger partial charge in [-0.3, -0.25) is 4.79 Å². The first-order valence-electron chi connectivity index (χ1n) is 5.06. The van der Waals surface area contributed by atoms with E-state index in [-0.39, 0.29) is 21.3 Å². The summed E-state index contributed by atoms with van der Waals surface area (Å²) < 4.78 is 25.9. The summed E-state index contributed by atoms with van der Waals surface area (Å²) in [5.41, 5.74) is -0.253. The standard InChI is InChI=1S/C12H6Cl2F2N2O/c13-6-2-1-3-7(14)10(6)12(19)17-8-4-5-9(15)18-11(8)16/h1-5H,(H,17,19). The second kappa shape index (κ2) is 5.50. The fourth-order valence-corrected chi connectivity index (χ4v) is 1.97. The van der Waals surface area contributed by atoms with Crippen molar-refractivity contribution in [3.8, 4) is 0 Å². The summed E-state index contributed by atoms with van der Waals surface area (Å²) in [4.78, 5) is 14.9. The van der Waals surface area contributed by atoms with Crippen molar-refractivity contribution in [2.75, 3.05) is 5.32 Å². The summed E-state index contributed by atoms with van der Waals surface area (Å²) >= 11 is 11.7. The van der Waals surface area contributed by atoms with Crippen molar-refractivity contribution < 1.29 is 13.6 Å². The molecule has 0 atom stereocenters. The van der Waals surface area contributed by atoms with Crippen LogP contribution in [0, 0.1) is 11.9 Å². The number of hydrogen-bond donors (Lipinski definition) is 1. The third-order valence-electron chi connectivity index (χ3n) is 2.25. The molecule has 1 aromatic carbocycles. The van der Waals surface area contributed by atoms with Crippen molar-refractivity contribution in [2.24, 2.45) is 0 Å². The van der Waals surface area contributed by atoms with Gasteiger partial charge >= 0.3 is 0 Å². The highest BCUT2D eigenvalue weighted by molar-refractivity contribution is 6.40. The lowest BCUT2D eigenvalue weighted by Gasteiger charge is -2.08. The van der Waals surface area contributed by atoms with Gasteiger partial charge < -0.3 is 5.32 Å². The van der Waals surface area contributed by atoms with E-state index in [0.717, 1.165) is 12.1 Å². The molecule has 1 aromatic heterocycles. The molecule has 0 unspecified atom stereocenters. The van der Waals surface area contributed by atoms with Crippen LogP contribution in [0.1, 0.15) is 10.4 Å². The maximum atomic E-state index is 13.3. The van der Waals surface area contributed by atoms with Gasteiger partial charge in [0.25, 0.3) is 5.91 Å². The lowest BCUT2D eigenvalue weighted by atomic mass is 10.2. The van der Waals surface area contributed by atoms with Gasteiger partial charge in [0.2, 0.25) is 11.9 Å². The first-order valence-corrected chi connectivity index (χ1v) is 5.82. The molecule has 0 aliphatic carbocycles. The molecule has 0 fully saturated rings. The predicted molar refractivity (Wildman–Crippen MR) is 68.6 cm³/mol. The van der Waals surface area contributed by atoms with Gasteiger partial charge in [0.15, 0.2) is 0 Å². The highest BCUT2D eigenvalue weighted by Gasteiger charge is 2.16. The molecule has 7 heteroatoms. The first kappa shape index (κ1) is 13.7. The Kier molecular flexibility index (Phi) is 3.97. The van der Waals surface area contributed by atoms with E-state index in [1.807, 2.05) is 0 Å². The van der Waals surface area contributed by atoms with Gasteiger partial charge in [-0.25, -0.2) is 0 Å². The van der Waals surface area contributed by atoms with Crippen molar-refractivity contribution in [2.45, 2.75) is 0 Å². The van der Waals surface area contributed by atoms with Crippen LogP contribution in [0.4, 0.5) is 14.5 Å². The third-order valence-corrected chi connectivity index (χ3v) is 2.88. The molecule has 0 bridgehead atoms. The average molecular weight is 303 g/mol. The number of aromatic nitrogens is 1. The number of amides is 1. The van der Waals surface area contributed by atoms with Crippen molar-refractivity contribution in [1.29, 1.82) is 0 Å². The Balaban J connectivity index is 2.31. The van der Waals surface area contributed by atoms with Crippen LogP contribution < -0.4 is 5.32 Å². The van der Waals surface area contributed by atoms with E-state index in [0.29, 0.717) is 0 Å². The van der Waals surface area contributed by atoms with Crippen LogP contribution in [0.3, 0.4) is 0 Å². The maximum Gasteiger partial charge on any atom is 0.258 e. The molecule has 0 radical (unpaired) electrons. The molecule has 3 nitrogen and oxygen atoms in total. The summed E-state index contributed by atoms with van der Waals surface area (Å²) in [6.45, 7) is 0. The van der Waals surface area contributed by atoms with Crippen LogP contribution in [-0.2, 0) is 0 Å². The highest BCUT2D eigenvalue weighted by Crippen LogP contribution is 2.25. The Morgan fingerprint density at radius 3 is 2.32 bits per heavy atom. The van der Waals surface area contributed by atoms with Gasteiger partial charge in [-0.1, -0.05) is 29.3 Å². The van der Waals surface area contributed by atoms with E-state index in [4.69, 9.17) is 23.2 Å². The first-order chi connectivity index (χ1) is 8.99. The largest absolute Gasteiger partial charge is 0.318 e. The van der Waals surface area contributed by atoms with Gasteiger partial charge in [-0.05, 0) is 24.3 Å². The summed E-state index contributed by atoms with van der Waals surface area (Å²) in [6.07, 6.45) is 0. The van der Waals surface area contributed by atoms with Gasteiger partial charge in [-0.2, -0.15) is 13.8 Å². The van der Waals surface area contributed by atoms with Crippen LogP contribution in [-0.4, -0.2) is 10.9 Å². The van der Waals surface area contributed by atoms with Crippen LogP contribution in [0.15, 0.2) is 30.3 Å². The highest BCUT2D eigenvalue weighted by atomic mass is 35.5. The number of rotatable bonds is 2. The minimum absolute atomic E-state index is 0.00885. The van der Waals surface area contributed by atoms with Crippen LogP contribution in [0.5, 0.6) is 0 Å². The van der Waals surface area contributed by atoms with E-state index < -0.39 is 17.8 Å². The molecule has 0 aliphatic heterocycles. The average Bonchev–Trinajstić information content (AvgIpc) is 2.32. The molecule has 0 spiro atoms. The number of halogens is 4. The zero-order valence-electron chi connectivity index (χ0n) is 9.25. The van der Waals surface area contributed by atoms with Gasteiger partial charge in [-0.15, -0.1) is 0 Å². The smallest absolute Gasteiger partial charge is 0.258 e. The number of nitrogens with one attached hydrogen (secondary N) is 1. The summed E-state index contributed by atoms with van der Waals surface area (Å²) in [5.74, 6) is -2.81. The molecule has 2 aromatic rings. The molecule has 2 rings (SSSR count). The Hall–Kier alpha value is -1.72. The van der Waals surface area contributed by atoms with Gasteiger partial charge in [0.05, 0.1) is 21.3 Å². The number of pyridine rings is 1. The Morgan fingerprint density at radius 2 is 1.74 bits per heavy atom. The van der Waals surface area contributed by atoms with Crippen molar-refractivity contribution in [3.05, 3.63) is 57.8 Å². The van der Waals surface area contributed by atoms with E-state index >= 15 is 0 Å². The molecule has 98 valence electrons.